The monoisotopic (exact) mass is 313 g/mol. The van der Waals surface area contributed by atoms with E-state index in [1.54, 1.807) is 6.08 Å². The van der Waals surface area contributed by atoms with Gasteiger partial charge in [-0.1, -0.05) is 42.5 Å². The summed E-state index contributed by atoms with van der Waals surface area (Å²) in [5.41, 5.74) is 2.27. The minimum atomic E-state index is -1.16. The first kappa shape index (κ1) is 16.4. The van der Waals surface area contributed by atoms with Crippen molar-refractivity contribution in [3.05, 3.63) is 54.1 Å². The molecule has 1 unspecified atom stereocenters. The normalized spacial score (nSPS) is 26.3. The van der Waals surface area contributed by atoms with Crippen molar-refractivity contribution in [1.82, 2.24) is 4.90 Å². The summed E-state index contributed by atoms with van der Waals surface area (Å²) in [6.45, 7) is 2.97. The van der Waals surface area contributed by atoms with Gasteiger partial charge in [0, 0.05) is 6.42 Å². The molecule has 0 spiro atoms. The molecule has 23 heavy (non-hydrogen) atoms. The van der Waals surface area contributed by atoms with Crippen LogP contribution < -0.4 is 0 Å². The third-order valence-corrected chi connectivity index (χ3v) is 4.96. The van der Waals surface area contributed by atoms with E-state index < -0.39 is 5.79 Å². The van der Waals surface area contributed by atoms with E-state index in [4.69, 9.17) is 4.74 Å². The van der Waals surface area contributed by atoms with Crippen LogP contribution in [0.2, 0.25) is 0 Å². The van der Waals surface area contributed by atoms with Crippen LogP contribution in [0.5, 0.6) is 0 Å². The van der Waals surface area contributed by atoms with Crippen LogP contribution >= 0.6 is 0 Å². The van der Waals surface area contributed by atoms with Gasteiger partial charge in [-0.25, -0.2) is 0 Å². The fourth-order valence-corrected chi connectivity index (χ4v) is 3.41. The molecule has 0 saturated carbocycles. The minimum Gasteiger partial charge on any atom is -0.362 e. The van der Waals surface area contributed by atoms with E-state index in [9.17, 15) is 5.11 Å². The maximum Gasteiger partial charge on any atom is 0.189 e. The van der Waals surface area contributed by atoms with E-state index in [-0.39, 0.29) is 0 Å². The summed E-state index contributed by atoms with van der Waals surface area (Å²) >= 11 is 0. The molecule has 1 saturated heterocycles. The van der Waals surface area contributed by atoms with Crippen LogP contribution in [-0.4, -0.2) is 42.5 Å². The molecule has 1 aromatic rings. The summed E-state index contributed by atoms with van der Waals surface area (Å²) < 4.78 is 5.87. The zero-order valence-corrected chi connectivity index (χ0v) is 13.9. The van der Waals surface area contributed by atoms with E-state index in [1.807, 2.05) is 24.3 Å². The Morgan fingerprint density at radius 2 is 1.96 bits per heavy atom. The van der Waals surface area contributed by atoms with E-state index in [0.29, 0.717) is 13.0 Å². The van der Waals surface area contributed by atoms with Gasteiger partial charge in [-0.05, 0) is 62.5 Å². The average Bonchev–Trinajstić information content (AvgIpc) is 2.57. The molecular weight excluding hydrogens is 286 g/mol. The first-order valence-electron chi connectivity index (χ1n) is 8.63. The summed E-state index contributed by atoms with van der Waals surface area (Å²) in [4.78, 5) is 2.38. The van der Waals surface area contributed by atoms with Crippen molar-refractivity contribution in [1.29, 1.82) is 0 Å². The topological polar surface area (TPSA) is 32.7 Å². The van der Waals surface area contributed by atoms with E-state index in [0.717, 1.165) is 23.5 Å². The predicted octanol–water partition coefficient (Wildman–Crippen LogP) is 3.47. The Labute approximate surface area is 139 Å². The van der Waals surface area contributed by atoms with Crippen LogP contribution in [0.25, 0.3) is 5.57 Å². The Morgan fingerprint density at radius 1 is 1.22 bits per heavy atom. The number of rotatable bonds is 5. The van der Waals surface area contributed by atoms with Gasteiger partial charge in [0.15, 0.2) is 5.79 Å². The van der Waals surface area contributed by atoms with Crippen LogP contribution in [-0.2, 0) is 4.74 Å². The van der Waals surface area contributed by atoms with E-state index >= 15 is 0 Å². The fraction of sp³-hybridized carbons (Fsp3) is 0.500. The summed E-state index contributed by atoms with van der Waals surface area (Å²) in [6, 6.07) is 10.2. The second kappa shape index (κ2) is 7.43. The number of hydrogen-bond donors (Lipinski definition) is 1. The highest BCUT2D eigenvalue weighted by Gasteiger charge is 2.29. The number of ether oxygens (including phenoxy) is 1. The van der Waals surface area contributed by atoms with Crippen LogP contribution in [0.15, 0.2) is 48.6 Å². The lowest BCUT2D eigenvalue weighted by Crippen LogP contribution is -2.34. The third-order valence-electron chi connectivity index (χ3n) is 4.96. The molecule has 0 aromatic heterocycles. The van der Waals surface area contributed by atoms with Crippen LogP contribution in [0.4, 0.5) is 0 Å². The first-order valence-corrected chi connectivity index (χ1v) is 8.63. The maximum absolute atomic E-state index is 10.7. The van der Waals surface area contributed by atoms with Gasteiger partial charge >= 0.3 is 0 Å². The number of hydrogen-bond acceptors (Lipinski definition) is 3. The largest absolute Gasteiger partial charge is 0.362 e. The molecule has 2 aliphatic rings. The van der Waals surface area contributed by atoms with Crippen LogP contribution in [0, 0.1) is 5.92 Å². The number of benzene rings is 1. The molecule has 0 amide bonds. The number of allylic oxidation sites excluding steroid dienone is 2. The molecule has 124 valence electrons. The van der Waals surface area contributed by atoms with Crippen molar-refractivity contribution in [2.24, 2.45) is 5.92 Å². The van der Waals surface area contributed by atoms with Crippen molar-refractivity contribution in [3.8, 4) is 0 Å². The smallest absolute Gasteiger partial charge is 0.189 e. The van der Waals surface area contributed by atoms with Gasteiger partial charge in [-0.2, -0.15) is 0 Å². The van der Waals surface area contributed by atoms with Gasteiger partial charge in [0.1, 0.15) is 0 Å². The van der Waals surface area contributed by atoms with Gasteiger partial charge in [0.25, 0.3) is 0 Å². The lowest BCUT2D eigenvalue weighted by atomic mass is 9.93. The molecule has 0 radical (unpaired) electrons. The van der Waals surface area contributed by atoms with Gasteiger partial charge in [-0.3, -0.25) is 0 Å². The highest BCUT2D eigenvalue weighted by atomic mass is 16.6. The molecular formula is C20H27NO2. The Morgan fingerprint density at radius 3 is 2.70 bits per heavy atom. The quantitative estimate of drug-likeness (QED) is 0.845. The van der Waals surface area contributed by atoms with Gasteiger partial charge in [0.05, 0.1) is 6.61 Å². The highest BCUT2D eigenvalue weighted by Crippen LogP contribution is 2.31. The van der Waals surface area contributed by atoms with Crippen molar-refractivity contribution < 1.29 is 9.84 Å². The zero-order valence-electron chi connectivity index (χ0n) is 13.9. The summed E-state index contributed by atoms with van der Waals surface area (Å²) in [5.74, 6) is -0.433. The molecule has 1 aromatic carbocycles. The highest BCUT2D eigenvalue weighted by molar-refractivity contribution is 5.69. The fourth-order valence-electron chi connectivity index (χ4n) is 3.41. The number of likely N-dealkylation sites (tertiary alicyclic amines) is 1. The number of piperidine rings is 1. The molecule has 3 rings (SSSR count). The van der Waals surface area contributed by atoms with Crippen molar-refractivity contribution in [2.45, 2.75) is 31.5 Å². The molecule has 1 atom stereocenters. The van der Waals surface area contributed by atoms with Gasteiger partial charge in [0.2, 0.25) is 0 Å². The summed E-state index contributed by atoms with van der Waals surface area (Å²) in [6.07, 6.45) is 9.77. The number of aliphatic hydroxyl groups is 1. The lowest BCUT2D eigenvalue weighted by molar-refractivity contribution is -0.165. The molecule has 3 nitrogen and oxygen atoms in total. The van der Waals surface area contributed by atoms with E-state index in [2.05, 4.69) is 30.2 Å². The van der Waals surface area contributed by atoms with Gasteiger partial charge < -0.3 is 14.7 Å². The average molecular weight is 313 g/mol. The van der Waals surface area contributed by atoms with E-state index in [1.165, 1.54) is 25.9 Å². The molecule has 1 aliphatic carbocycles. The maximum atomic E-state index is 10.7. The predicted molar refractivity (Wildman–Crippen MR) is 93.9 cm³/mol. The molecule has 1 N–H and O–H groups in total. The summed E-state index contributed by atoms with van der Waals surface area (Å²) in [5, 5.41) is 10.7. The first-order chi connectivity index (χ1) is 11.1. The Bertz CT molecular complexity index is 558. The second-order valence-corrected chi connectivity index (χ2v) is 6.82. The second-order valence-electron chi connectivity index (χ2n) is 6.82. The van der Waals surface area contributed by atoms with Gasteiger partial charge in [-0.15, -0.1) is 0 Å². The molecule has 1 fully saturated rings. The van der Waals surface area contributed by atoms with Crippen LogP contribution in [0.1, 0.15) is 31.2 Å². The SMILES string of the molecule is CN1CCC(CCOC2(O)C=CC=C(c3ccccc3)C2)CC1. The Balaban J connectivity index is 1.50. The number of nitrogens with zero attached hydrogens (tertiary/aromatic N) is 1. The molecule has 1 aliphatic heterocycles. The van der Waals surface area contributed by atoms with Crippen LogP contribution in [0.3, 0.4) is 0 Å². The summed E-state index contributed by atoms with van der Waals surface area (Å²) in [7, 11) is 2.18. The Kier molecular flexibility index (Phi) is 5.31. The molecule has 1 heterocycles. The third kappa shape index (κ3) is 4.54. The van der Waals surface area contributed by atoms with Crippen molar-refractivity contribution in [2.75, 3.05) is 26.7 Å². The standard InChI is InChI=1S/C20H27NO2/c1-21-13-9-17(10-14-21)11-15-23-20(22)12-5-8-19(16-20)18-6-3-2-4-7-18/h2-8,12,17,22H,9-11,13-16H2,1H3. The minimum absolute atomic E-state index is 0.515. The molecule has 3 heteroatoms. The zero-order chi connectivity index (χ0) is 16.1. The van der Waals surface area contributed by atoms with Crippen molar-refractivity contribution >= 4 is 5.57 Å². The lowest BCUT2D eigenvalue weighted by Gasteiger charge is -2.31. The molecule has 0 bridgehead atoms. The van der Waals surface area contributed by atoms with Crippen molar-refractivity contribution in [3.63, 3.8) is 0 Å². The Hall–Kier alpha value is -1.42.